The molecule has 1 rings (SSSR count). The quantitative estimate of drug-likeness (QED) is 0.826. The number of hydrogen-bond donors (Lipinski definition) is 1. The zero-order valence-corrected chi connectivity index (χ0v) is 10.2. The van der Waals surface area contributed by atoms with Crippen LogP contribution in [0.4, 0.5) is 0 Å². The molecule has 0 aliphatic rings. The van der Waals surface area contributed by atoms with Gasteiger partial charge >= 0.3 is 0 Å². The van der Waals surface area contributed by atoms with Crippen LogP contribution in [0.2, 0.25) is 5.15 Å². The van der Waals surface area contributed by atoms with Gasteiger partial charge in [0.2, 0.25) is 0 Å². The fourth-order valence-corrected chi connectivity index (χ4v) is 1.94. The Kier molecular flexibility index (Phi) is 4.91. The zero-order chi connectivity index (χ0) is 11.3. The molecular weight excluding hydrogens is 232 g/mol. The number of nitrogens with zero attached hydrogens (tertiary/aromatic N) is 1. The molecule has 0 spiro atoms. The average Bonchev–Trinajstić information content (AvgIpc) is 2.18. The van der Waals surface area contributed by atoms with E-state index in [1.807, 2.05) is 13.2 Å². The summed E-state index contributed by atoms with van der Waals surface area (Å²) in [6, 6.07) is 3.49. The Bertz CT molecular complexity index is 346. The van der Waals surface area contributed by atoms with Gasteiger partial charge < -0.3 is 5.32 Å². The summed E-state index contributed by atoms with van der Waals surface area (Å²) < 4.78 is 0. The SMILES string of the molecule is CSCC(C)NC(=O)c1cccnc1Cl. The van der Waals surface area contributed by atoms with Crippen molar-refractivity contribution in [2.24, 2.45) is 0 Å². The van der Waals surface area contributed by atoms with E-state index in [0.29, 0.717) is 5.56 Å². The van der Waals surface area contributed by atoms with Gasteiger partial charge in [0.25, 0.3) is 5.91 Å². The number of nitrogens with one attached hydrogen (secondary N) is 1. The van der Waals surface area contributed by atoms with E-state index >= 15 is 0 Å². The molecule has 0 saturated carbocycles. The van der Waals surface area contributed by atoms with Gasteiger partial charge in [-0.3, -0.25) is 4.79 Å². The minimum Gasteiger partial charge on any atom is -0.349 e. The number of aromatic nitrogens is 1. The second-order valence-corrected chi connectivity index (χ2v) is 4.44. The van der Waals surface area contributed by atoms with E-state index in [1.54, 1.807) is 30.1 Å². The maximum atomic E-state index is 11.7. The maximum Gasteiger partial charge on any atom is 0.254 e. The predicted octanol–water partition coefficient (Wildman–Crippen LogP) is 2.22. The molecule has 3 nitrogen and oxygen atoms in total. The third-order valence-corrected chi connectivity index (χ3v) is 2.93. The molecule has 5 heteroatoms. The van der Waals surface area contributed by atoms with Crippen LogP contribution in [-0.2, 0) is 0 Å². The molecule has 0 fully saturated rings. The summed E-state index contributed by atoms with van der Waals surface area (Å²) in [6.07, 6.45) is 3.56. The van der Waals surface area contributed by atoms with Crippen LogP contribution in [-0.4, -0.2) is 28.9 Å². The summed E-state index contributed by atoms with van der Waals surface area (Å²) >= 11 is 7.49. The van der Waals surface area contributed by atoms with Gasteiger partial charge in [-0.15, -0.1) is 0 Å². The molecule has 1 heterocycles. The highest BCUT2D eigenvalue weighted by atomic mass is 35.5. The number of hydrogen-bond acceptors (Lipinski definition) is 3. The van der Waals surface area contributed by atoms with E-state index in [2.05, 4.69) is 10.3 Å². The predicted molar refractivity (Wildman–Crippen MR) is 64.6 cm³/mol. The Hall–Kier alpha value is -0.740. The largest absolute Gasteiger partial charge is 0.349 e. The van der Waals surface area contributed by atoms with Crippen molar-refractivity contribution in [3.8, 4) is 0 Å². The molecule has 0 bridgehead atoms. The van der Waals surface area contributed by atoms with Crippen molar-refractivity contribution in [1.29, 1.82) is 0 Å². The Morgan fingerprint density at radius 3 is 3.07 bits per heavy atom. The molecular formula is C10H13ClN2OS. The van der Waals surface area contributed by atoms with Crippen LogP contribution in [0.25, 0.3) is 0 Å². The highest BCUT2D eigenvalue weighted by Crippen LogP contribution is 2.11. The first-order valence-electron chi connectivity index (χ1n) is 4.55. The van der Waals surface area contributed by atoms with Crippen LogP contribution in [0, 0.1) is 0 Å². The highest BCUT2D eigenvalue weighted by molar-refractivity contribution is 7.98. The Balaban J connectivity index is 2.65. The van der Waals surface area contributed by atoms with Crippen molar-refractivity contribution in [2.75, 3.05) is 12.0 Å². The van der Waals surface area contributed by atoms with Crippen LogP contribution in [0.1, 0.15) is 17.3 Å². The number of rotatable bonds is 4. The standard InChI is InChI=1S/C10H13ClN2OS/c1-7(6-15-2)13-10(14)8-4-3-5-12-9(8)11/h3-5,7H,6H2,1-2H3,(H,13,14). The molecule has 0 aromatic carbocycles. The van der Waals surface area contributed by atoms with Gasteiger partial charge in [0, 0.05) is 18.0 Å². The zero-order valence-electron chi connectivity index (χ0n) is 8.66. The smallest absolute Gasteiger partial charge is 0.254 e. The monoisotopic (exact) mass is 244 g/mol. The third-order valence-electron chi connectivity index (χ3n) is 1.80. The van der Waals surface area contributed by atoms with Crippen LogP contribution < -0.4 is 5.32 Å². The Morgan fingerprint density at radius 1 is 1.73 bits per heavy atom. The van der Waals surface area contributed by atoms with E-state index in [1.165, 1.54) is 0 Å². The van der Waals surface area contributed by atoms with E-state index in [0.717, 1.165) is 5.75 Å². The lowest BCUT2D eigenvalue weighted by molar-refractivity contribution is 0.0943. The van der Waals surface area contributed by atoms with Crippen molar-refractivity contribution >= 4 is 29.3 Å². The summed E-state index contributed by atoms with van der Waals surface area (Å²) in [5.41, 5.74) is 0.423. The van der Waals surface area contributed by atoms with Crippen molar-refractivity contribution in [2.45, 2.75) is 13.0 Å². The lowest BCUT2D eigenvalue weighted by Crippen LogP contribution is -2.34. The molecule has 0 saturated heterocycles. The minimum atomic E-state index is -0.172. The first-order valence-corrected chi connectivity index (χ1v) is 6.32. The highest BCUT2D eigenvalue weighted by Gasteiger charge is 2.12. The van der Waals surface area contributed by atoms with Gasteiger partial charge in [-0.2, -0.15) is 11.8 Å². The molecule has 15 heavy (non-hydrogen) atoms. The second kappa shape index (κ2) is 5.98. The molecule has 1 N–H and O–H groups in total. The topological polar surface area (TPSA) is 42.0 Å². The third kappa shape index (κ3) is 3.72. The normalized spacial score (nSPS) is 12.2. The molecule has 1 aromatic rings. The fourth-order valence-electron chi connectivity index (χ4n) is 1.15. The van der Waals surface area contributed by atoms with E-state index in [-0.39, 0.29) is 17.1 Å². The van der Waals surface area contributed by atoms with Crippen molar-refractivity contribution in [1.82, 2.24) is 10.3 Å². The van der Waals surface area contributed by atoms with Crippen molar-refractivity contribution in [3.63, 3.8) is 0 Å². The molecule has 0 aliphatic heterocycles. The molecule has 0 radical (unpaired) electrons. The molecule has 1 amide bonds. The number of pyridine rings is 1. The number of carbonyl (C=O) groups excluding carboxylic acids is 1. The number of halogens is 1. The fraction of sp³-hybridized carbons (Fsp3) is 0.400. The number of amides is 1. The van der Waals surface area contributed by atoms with Gasteiger partial charge in [0.05, 0.1) is 5.56 Å². The van der Waals surface area contributed by atoms with Gasteiger partial charge in [-0.1, -0.05) is 11.6 Å². The van der Waals surface area contributed by atoms with Gasteiger partial charge in [0.15, 0.2) is 0 Å². The second-order valence-electron chi connectivity index (χ2n) is 3.17. The first-order chi connectivity index (χ1) is 7.15. The van der Waals surface area contributed by atoms with E-state index in [9.17, 15) is 4.79 Å². The van der Waals surface area contributed by atoms with E-state index in [4.69, 9.17) is 11.6 Å². The van der Waals surface area contributed by atoms with Crippen LogP contribution >= 0.6 is 23.4 Å². The number of carbonyl (C=O) groups is 1. The summed E-state index contributed by atoms with van der Waals surface area (Å²) in [6.45, 7) is 1.96. The lowest BCUT2D eigenvalue weighted by atomic mass is 10.2. The summed E-state index contributed by atoms with van der Waals surface area (Å²) in [7, 11) is 0. The van der Waals surface area contributed by atoms with Gasteiger partial charge in [0.1, 0.15) is 5.15 Å². The Morgan fingerprint density at radius 2 is 2.47 bits per heavy atom. The van der Waals surface area contributed by atoms with Crippen molar-refractivity contribution in [3.05, 3.63) is 29.0 Å². The first kappa shape index (κ1) is 12.3. The molecule has 1 aromatic heterocycles. The summed E-state index contributed by atoms with van der Waals surface area (Å²) in [4.78, 5) is 15.6. The van der Waals surface area contributed by atoms with Gasteiger partial charge in [-0.05, 0) is 25.3 Å². The number of thioether (sulfide) groups is 1. The Labute approximate surface area is 98.6 Å². The molecule has 0 aliphatic carbocycles. The summed E-state index contributed by atoms with van der Waals surface area (Å²) in [5.74, 6) is 0.707. The minimum absolute atomic E-state index is 0.128. The molecule has 1 atom stereocenters. The summed E-state index contributed by atoms with van der Waals surface area (Å²) in [5, 5.41) is 3.10. The average molecular weight is 245 g/mol. The lowest BCUT2D eigenvalue weighted by Gasteiger charge is -2.12. The maximum absolute atomic E-state index is 11.7. The van der Waals surface area contributed by atoms with Crippen molar-refractivity contribution < 1.29 is 4.79 Å². The van der Waals surface area contributed by atoms with Crippen LogP contribution in [0.5, 0.6) is 0 Å². The van der Waals surface area contributed by atoms with Gasteiger partial charge in [-0.25, -0.2) is 4.98 Å². The van der Waals surface area contributed by atoms with Crippen LogP contribution in [0.3, 0.4) is 0 Å². The molecule has 82 valence electrons. The van der Waals surface area contributed by atoms with Crippen LogP contribution in [0.15, 0.2) is 18.3 Å². The molecule has 1 unspecified atom stereocenters. The van der Waals surface area contributed by atoms with E-state index < -0.39 is 0 Å².